The lowest BCUT2D eigenvalue weighted by atomic mass is 9.60. The van der Waals surface area contributed by atoms with E-state index in [0.29, 0.717) is 53.6 Å². The SMILES string of the molecule is Cc1c2c(nn1CC1(C)CC(=O)C3=C(C1)Nc1n[nH]c(C4CCCCC4)c1C3(C)c1ccccc1)NC1=C(C(=O)CC(C)(C)C1)C2(C)c1ccccc1C(F)(F)F. The molecule has 9 rings (SSSR count). The van der Waals surface area contributed by atoms with Crippen molar-refractivity contribution in [2.45, 2.75) is 129 Å². The van der Waals surface area contributed by atoms with Crippen LogP contribution in [0.25, 0.3) is 0 Å². The Balaban J connectivity index is 1.14. The van der Waals surface area contributed by atoms with Crippen LogP contribution in [0.2, 0.25) is 0 Å². The van der Waals surface area contributed by atoms with Gasteiger partial charge in [-0.05, 0) is 74.5 Å². The van der Waals surface area contributed by atoms with Crippen LogP contribution in [0.1, 0.15) is 138 Å². The van der Waals surface area contributed by atoms with Crippen LogP contribution in [0.4, 0.5) is 24.8 Å². The van der Waals surface area contributed by atoms with E-state index in [1.807, 2.05) is 43.7 Å². The highest BCUT2D eigenvalue weighted by Gasteiger charge is 2.54. The van der Waals surface area contributed by atoms with Gasteiger partial charge < -0.3 is 10.6 Å². The molecular formula is C46H51F3N6O2. The second-order valence-corrected chi connectivity index (χ2v) is 18.8. The van der Waals surface area contributed by atoms with Crippen molar-refractivity contribution < 1.29 is 22.8 Å². The van der Waals surface area contributed by atoms with E-state index in [2.05, 4.69) is 41.7 Å². The number of carbonyl (C=O) groups excluding carboxylic acids is 2. The normalized spacial score (nSPS) is 27.3. The number of Topliss-reactive ketones (excluding diaryl/α,β-unsaturated/α-hetero) is 2. The molecule has 0 spiro atoms. The summed E-state index contributed by atoms with van der Waals surface area (Å²) in [5, 5.41) is 20.5. The van der Waals surface area contributed by atoms with E-state index in [4.69, 9.17) is 10.2 Å². The number of halogens is 3. The number of alkyl halides is 3. The Bertz CT molecular complexity index is 2400. The van der Waals surface area contributed by atoms with E-state index in [-0.39, 0.29) is 35.4 Å². The van der Waals surface area contributed by atoms with E-state index in [0.717, 1.165) is 52.8 Å². The maximum absolute atomic E-state index is 14.9. The molecule has 57 heavy (non-hydrogen) atoms. The van der Waals surface area contributed by atoms with Gasteiger partial charge in [0.25, 0.3) is 0 Å². The van der Waals surface area contributed by atoms with Gasteiger partial charge in [0.05, 0.1) is 16.4 Å². The van der Waals surface area contributed by atoms with E-state index in [9.17, 15) is 22.8 Å². The van der Waals surface area contributed by atoms with Crippen LogP contribution in [-0.4, -0.2) is 31.5 Å². The molecule has 1 saturated carbocycles. The molecule has 0 radical (unpaired) electrons. The van der Waals surface area contributed by atoms with Crippen molar-refractivity contribution >= 4 is 23.2 Å². The molecule has 2 aliphatic heterocycles. The number of carbonyl (C=O) groups is 2. The third-order valence-electron chi connectivity index (χ3n) is 13.9. The van der Waals surface area contributed by atoms with Crippen molar-refractivity contribution in [3.05, 3.63) is 116 Å². The van der Waals surface area contributed by atoms with Crippen LogP contribution in [0.5, 0.6) is 0 Å². The smallest absolute Gasteiger partial charge is 0.342 e. The summed E-state index contributed by atoms with van der Waals surface area (Å²) in [6.45, 7) is 12.2. The molecule has 298 valence electrons. The van der Waals surface area contributed by atoms with Gasteiger partial charge in [0.15, 0.2) is 23.2 Å². The highest BCUT2D eigenvalue weighted by molar-refractivity contribution is 6.04. The van der Waals surface area contributed by atoms with E-state index in [1.54, 1.807) is 13.0 Å². The fraction of sp³-hybridized carbons (Fsp3) is 0.478. The Kier molecular flexibility index (Phi) is 8.44. The fourth-order valence-corrected chi connectivity index (χ4v) is 11.4. The number of fused-ring (bicyclic) bond motifs is 2. The third-order valence-corrected chi connectivity index (χ3v) is 13.9. The number of anilines is 2. The molecule has 5 aliphatic rings. The maximum Gasteiger partial charge on any atom is 0.416 e. The van der Waals surface area contributed by atoms with Gasteiger partial charge in [0.1, 0.15) is 0 Å². The molecule has 11 heteroatoms. The molecule has 0 amide bonds. The Morgan fingerprint density at radius 3 is 2.11 bits per heavy atom. The van der Waals surface area contributed by atoms with Gasteiger partial charge in [0, 0.05) is 70.4 Å². The first kappa shape index (κ1) is 37.6. The number of H-pyrrole nitrogens is 1. The number of hydrogen-bond donors (Lipinski definition) is 3. The standard InChI is InChI=1S/C46H51F3N6O2/c1-26-35-41(51-31-21-42(2,3)23-33(56)37(31)45(35,6)29-19-13-14-20-30(29)46(47,48)49)54-55(26)25-43(4)22-32-36(34(57)24-43)44(5,28-17-11-8-12-18-28)38-39(52-53-40(38)50-32)27-15-9-7-10-16-27/h8,11-14,17-20,27H,7,9-10,15-16,21-25H2,1-6H3,(H,51,54)(H2,50,52,53). The summed E-state index contributed by atoms with van der Waals surface area (Å²) < 4.78 is 46.2. The summed E-state index contributed by atoms with van der Waals surface area (Å²) in [4.78, 5) is 29.0. The second kappa shape index (κ2) is 12.8. The van der Waals surface area contributed by atoms with Crippen molar-refractivity contribution in [1.82, 2.24) is 20.0 Å². The molecule has 4 heterocycles. The summed E-state index contributed by atoms with van der Waals surface area (Å²) in [5.41, 5.74) is 3.18. The summed E-state index contributed by atoms with van der Waals surface area (Å²) in [6, 6.07) is 15.9. The number of aromatic nitrogens is 4. The number of rotatable bonds is 5. The number of aromatic amines is 1. The lowest BCUT2D eigenvalue weighted by molar-refractivity contribution is -0.138. The Hall–Kier alpha value is -4.93. The molecular weight excluding hydrogens is 726 g/mol. The van der Waals surface area contributed by atoms with Crippen LogP contribution in [0, 0.1) is 17.8 Å². The number of nitrogens with zero attached hydrogens (tertiary/aromatic N) is 3. The average molecular weight is 777 g/mol. The second-order valence-electron chi connectivity index (χ2n) is 18.8. The minimum atomic E-state index is -4.64. The molecule has 1 fully saturated rings. The molecule has 3 aliphatic carbocycles. The highest BCUT2D eigenvalue weighted by atomic mass is 19.4. The first-order valence-electron chi connectivity index (χ1n) is 20.4. The van der Waals surface area contributed by atoms with E-state index >= 15 is 0 Å². The zero-order valence-corrected chi connectivity index (χ0v) is 33.6. The minimum absolute atomic E-state index is 0.0336. The first-order valence-corrected chi connectivity index (χ1v) is 20.4. The van der Waals surface area contributed by atoms with Gasteiger partial charge in [0.2, 0.25) is 0 Å². The van der Waals surface area contributed by atoms with Gasteiger partial charge >= 0.3 is 6.18 Å². The van der Waals surface area contributed by atoms with Crippen LogP contribution >= 0.6 is 0 Å². The number of benzene rings is 2. The van der Waals surface area contributed by atoms with Gasteiger partial charge in [-0.15, -0.1) is 0 Å². The van der Waals surface area contributed by atoms with Crippen LogP contribution < -0.4 is 10.6 Å². The van der Waals surface area contributed by atoms with E-state index < -0.39 is 28.0 Å². The summed E-state index contributed by atoms with van der Waals surface area (Å²) >= 11 is 0. The number of nitrogens with one attached hydrogen (secondary N) is 3. The molecule has 3 atom stereocenters. The molecule has 3 unspecified atom stereocenters. The zero-order valence-electron chi connectivity index (χ0n) is 33.6. The van der Waals surface area contributed by atoms with Crippen molar-refractivity contribution in [2.75, 3.05) is 10.6 Å². The number of allylic oxidation sites excluding steroid dienone is 4. The molecule has 0 bridgehead atoms. The fourth-order valence-electron chi connectivity index (χ4n) is 11.4. The molecule has 2 aromatic heterocycles. The lowest BCUT2D eigenvalue weighted by Crippen LogP contribution is -2.44. The van der Waals surface area contributed by atoms with Gasteiger partial charge in [-0.2, -0.15) is 23.4 Å². The number of hydrogen-bond acceptors (Lipinski definition) is 6. The van der Waals surface area contributed by atoms with Crippen LogP contribution in [0.15, 0.2) is 77.1 Å². The van der Waals surface area contributed by atoms with Crippen molar-refractivity contribution in [2.24, 2.45) is 10.8 Å². The first-order chi connectivity index (χ1) is 26.9. The van der Waals surface area contributed by atoms with E-state index in [1.165, 1.54) is 31.4 Å². The van der Waals surface area contributed by atoms with Gasteiger partial charge in [-0.1, -0.05) is 88.6 Å². The van der Waals surface area contributed by atoms with Crippen LogP contribution in [0.3, 0.4) is 0 Å². The molecule has 2 aromatic carbocycles. The number of ketones is 2. The molecule has 3 N–H and O–H groups in total. The largest absolute Gasteiger partial charge is 0.416 e. The maximum atomic E-state index is 14.9. The van der Waals surface area contributed by atoms with Crippen molar-refractivity contribution in [3.8, 4) is 0 Å². The average Bonchev–Trinajstić information content (AvgIpc) is 3.71. The highest BCUT2D eigenvalue weighted by Crippen LogP contribution is 2.57. The zero-order chi connectivity index (χ0) is 40.3. The topological polar surface area (TPSA) is 105 Å². The summed E-state index contributed by atoms with van der Waals surface area (Å²) in [7, 11) is 0. The monoisotopic (exact) mass is 776 g/mol. The van der Waals surface area contributed by atoms with Crippen LogP contribution in [-0.2, 0) is 33.1 Å². The van der Waals surface area contributed by atoms with Crippen molar-refractivity contribution in [3.63, 3.8) is 0 Å². The van der Waals surface area contributed by atoms with Crippen molar-refractivity contribution in [1.29, 1.82) is 0 Å². The van der Waals surface area contributed by atoms with Gasteiger partial charge in [-0.3, -0.25) is 19.4 Å². The summed E-state index contributed by atoms with van der Waals surface area (Å²) in [6.07, 6.45) is 2.64. The Morgan fingerprint density at radius 2 is 1.39 bits per heavy atom. The quantitative estimate of drug-likeness (QED) is 0.186. The lowest BCUT2D eigenvalue weighted by Gasteiger charge is -2.45. The Morgan fingerprint density at radius 1 is 0.754 bits per heavy atom. The molecule has 0 saturated heterocycles. The minimum Gasteiger partial charge on any atom is -0.342 e. The molecule has 8 nitrogen and oxygen atoms in total. The predicted molar refractivity (Wildman–Crippen MR) is 214 cm³/mol. The van der Waals surface area contributed by atoms with Gasteiger partial charge in [-0.25, -0.2) is 0 Å². The third kappa shape index (κ3) is 5.76. The molecule has 4 aromatic rings. The Labute approximate surface area is 331 Å². The predicted octanol–water partition coefficient (Wildman–Crippen LogP) is 10.4. The summed E-state index contributed by atoms with van der Waals surface area (Å²) in [5.74, 6) is 1.45.